The van der Waals surface area contributed by atoms with Crippen LogP contribution in [0.25, 0.3) is 22.8 Å². The van der Waals surface area contributed by atoms with E-state index in [1.807, 2.05) is 30.3 Å². The lowest BCUT2D eigenvalue weighted by Gasteiger charge is -2.09. The Morgan fingerprint density at radius 2 is 2.04 bits per heavy atom. The van der Waals surface area contributed by atoms with Gasteiger partial charge in [-0.25, -0.2) is 9.78 Å². The third-order valence-corrected chi connectivity index (χ3v) is 3.72. The Balaban J connectivity index is 1.97. The number of esters is 1. The van der Waals surface area contributed by atoms with E-state index in [9.17, 15) is 4.79 Å². The first-order valence-corrected chi connectivity index (χ1v) is 8.03. The Hall–Kier alpha value is -3.52. The van der Waals surface area contributed by atoms with E-state index in [0.717, 1.165) is 5.56 Å². The molecular formula is C21H17NO4. The van der Waals surface area contributed by atoms with Crippen molar-refractivity contribution in [2.24, 2.45) is 0 Å². The van der Waals surface area contributed by atoms with Crippen LogP contribution in [0.15, 0.2) is 59.1 Å². The number of benzene rings is 2. The molecule has 26 heavy (non-hydrogen) atoms. The van der Waals surface area contributed by atoms with Gasteiger partial charge in [-0.2, -0.15) is 0 Å². The molecule has 5 nitrogen and oxygen atoms in total. The summed E-state index contributed by atoms with van der Waals surface area (Å²) in [4.78, 5) is 16.7. The Morgan fingerprint density at radius 3 is 2.77 bits per heavy atom. The Bertz CT molecular complexity index is 938. The number of oxazole rings is 1. The highest BCUT2D eigenvalue weighted by molar-refractivity contribution is 5.96. The second-order valence-electron chi connectivity index (χ2n) is 5.40. The lowest BCUT2D eigenvalue weighted by molar-refractivity contribution is 0.0514. The van der Waals surface area contributed by atoms with Gasteiger partial charge in [0.1, 0.15) is 12.4 Å². The summed E-state index contributed by atoms with van der Waals surface area (Å²) in [6, 6.07) is 14.6. The number of hydrogen-bond acceptors (Lipinski definition) is 5. The smallest absolute Gasteiger partial charge is 0.338 e. The van der Waals surface area contributed by atoms with Gasteiger partial charge in [0.2, 0.25) is 5.89 Å². The first-order chi connectivity index (χ1) is 12.7. The highest BCUT2D eigenvalue weighted by Gasteiger charge is 2.19. The third kappa shape index (κ3) is 3.76. The van der Waals surface area contributed by atoms with Gasteiger partial charge in [0.15, 0.2) is 5.76 Å². The maximum atomic E-state index is 12.4. The van der Waals surface area contributed by atoms with Crippen molar-refractivity contribution in [3.63, 3.8) is 0 Å². The molecule has 0 spiro atoms. The molecule has 0 N–H and O–H groups in total. The molecule has 1 heterocycles. The average Bonchev–Trinajstić information content (AvgIpc) is 3.18. The largest absolute Gasteiger partial charge is 0.497 e. The predicted molar refractivity (Wildman–Crippen MR) is 97.7 cm³/mol. The van der Waals surface area contributed by atoms with Crippen LogP contribution >= 0.6 is 0 Å². The van der Waals surface area contributed by atoms with E-state index in [-0.39, 0.29) is 6.61 Å². The molecule has 0 atom stereocenters. The number of hydrogen-bond donors (Lipinski definition) is 0. The van der Waals surface area contributed by atoms with Crippen LogP contribution in [0.5, 0.6) is 5.75 Å². The first-order valence-electron chi connectivity index (χ1n) is 8.03. The van der Waals surface area contributed by atoms with Gasteiger partial charge in [-0.3, -0.25) is 0 Å². The highest BCUT2D eigenvalue weighted by atomic mass is 16.5. The molecule has 0 saturated heterocycles. The second-order valence-corrected chi connectivity index (χ2v) is 5.40. The molecule has 0 aliphatic rings. The molecule has 0 radical (unpaired) electrons. The van der Waals surface area contributed by atoms with Crippen molar-refractivity contribution in [1.82, 2.24) is 4.98 Å². The van der Waals surface area contributed by atoms with E-state index in [1.165, 1.54) is 0 Å². The predicted octanol–water partition coefficient (Wildman–Crippen LogP) is 4.20. The summed E-state index contributed by atoms with van der Waals surface area (Å²) < 4.78 is 16.3. The van der Waals surface area contributed by atoms with Gasteiger partial charge in [-0.05, 0) is 18.2 Å². The summed E-state index contributed by atoms with van der Waals surface area (Å²) in [6.07, 6.45) is 7.17. The molecule has 3 aromatic rings. The standard InChI is InChI=1S/C21H17NO4/c1-3-4-12-25-21(23)17-11-10-16(24-2)13-18(17)20-22-14-19(26-20)15-8-6-5-7-9-15/h1,5-11,13-14H,4,12H2,2H3. The minimum Gasteiger partial charge on any atom is -0.497 e. The van der Waals surface area contributed by atoms with Crippen LogP contribution in [0.3, 0.4) is 0 Å². The van der Waals surface area contributed by atoms with Crippen LogP contribution in [0.1, 0.15) is 16.8 Å². The number of nitrogens with zero attached hydrogens (tertiary/aromatic N) is 1. The van der Waals surface area contributed by atoms with E-state index >= 15 is 0 Å². The van der Waals surface area contributed by atoms with Crippen molar-refractivity contribution in [2.45, 2.75) is 6.42 Å². The number of carbonyl (C=O) groups excluding carboxylic acids is 1. The summed E-state index contributed by atoms with van der Waals surface area (Å²) in [5, 5.41) is 0. The van der Waals surface area contributed by atoms with Crippen molar-refractivity contribution in [2.75, 3.05) is 13.7 Å². The van der Waals surface area contributed by atoms with Crippen LogP contribution in [-0.2, 0) is 4.74 Å². The number of aromatic nitrogens is 1. The summed E-state index contributed by atoms with van der Waals surface area (Å²) in [6.45, 7) is 0.154. The molecule has 0 fully saturated rings. The molecule has 0 saturated carbocycles. The second kappa shape index (κ2) is 8.04. The minimum atomic E-state index is -0.489. The molecule has 0 aliphatic carbocycles. The summed E-state index contributed by atoms with van der Waals surface area (Å²) in [5.74, 6) is 3.45. The molecule has 3 rings (SSSR count). The average molecular weight is 347 g/mol. The fourth-order valence-electron chi connectivity index (χ4n) is 2.42. The molecule has 0 amide bonds. The van der Waals surface area contributed by atoms with Gasteiger partial charge < -0.3 is 13.9 Å². The van der Waals surface area contributed by atoms with E-state index in [2.05, 4.69) is 10.9 Å². The fourth-order valence-corrected chi connectivity index (χ4v) is 2.42. The number of carbonyl (C=O) groups is 1. The Kier molecular flexibility index (Phi) is 5.35. The maximum absolute atomic E-state index is 12.4. The molecule has 0 aliphatic heterocycles. The Morgan fingerprint density at radius 1 is 1.23 bits per heavy atom. The van der Waals surface area contributed by atoms with Crippen molar-refractivity contribution in [3.05, 3.63) is 60.3 Å². The quantitative estimate of drug-likeness (QED) is 0.380. The number of rotatable bonds is 6. The normalized spacial score (nSPS) is 10.2. The lowest BCUT2D eigenvalue weighted by Crippen LogP contribution is -2.08. The van der Waals surface area contributed by atoms with Gasteiger partial charge in [0, 0.05) is 12.0 Å². The molecule has 1 aromatic heterocycles. The van der Waals surface area contributed by atoms with Crippen LogP contribution < -0.4 is 4.74 Å². The SMILES string of the molecule is C#CCCOC(=O)c1ccc(OC)cc1-c1ncc(-c2ccccc2)o1. The van der Waals surface area contributed by atoms with E-state index < -0.39 is 5.97 Å². The zero-order chi connectivity index (χ0) is 18.4. The third-order valence-electron chi connectivity index (χ3n) is 3.72. The van der Waals surface area contributed by atoms with Crippen molar-refractivity contribution >= 4 is 5.97 Å². The summed E-state index contributed by atoms with van der Waals surface area (Å²) >= 11 is 0. The lowest BCUT2D eigenvalue weighted by atomic mass is 10.1. The molecular weight excluding hydrogens is 330 g/mol. The Labute approximate surface area is 151 Å². The molecule has 130 valence electrons. The zero-order valence-electron chi connectivity index (χ0n) is 14.3. The van der Waals surface area contributed by atoms with Crippen molar-refractivity contribution in [1.29, 1.82) is 0 Å². The maximum Gasteiger partial charge on any atom is 0.338 e. The van der Waals surface area contributed by atoms with Crippen molar-refractivity contribution in [3.8, 4) is 40.9 Å². The summed E-state index contributed by atoms with van der Waals surface area (Å²) in [7, 11) is 1.55. The molecule has 0 bridgehead atoms. The van der Waals surface area contributed by atoms with E-state index in [1.54, 1.807) is 31.5 Å². The van der Waals surface area contributed by atoms with Gasteiger partial charge in [-0.15, -0.1) is 12.3 Å². The number of ether oxygens (including phenoxy) is 2. The van der Waals surface area contributed by atoms with Gasteiger partial charge >= 0.3 is 5.97 Å². The van der Waals surface area contributed by atoms with Crippen LogP contribution in [-0.4, -0.2) is 24.7 Å². The van der Waals surface area contributed by atoms with E-state index in [0.29, 0.717) is 34.9 Å². The van der Waals surface area contributed by atoms with Gasteiger partial charge in [-0.1, -0.05) is 30.3 Å². The molecule has 5 heteroatoms. The van der Waals surface area contributed by atoms with Crippen molar-refractivity contribution < 1.29 is 18.7 Å². The molecule has 0 unspecified atom stereocenters. The first kappa shape index (κ1) is 17.3. The topological polar surface area (TPSA) is 61.6 Å². The molecule has 2 aromatic carbocycles. The van der Waals surface area contributed by atoms with Crippen LogP contribution in [0, 0.1) is 12.3 Å². The number of methoxy groups -OCH3 is 1. The van der Waals surface area contributed by atoms with Gasteiger partial charge in [0.05, 0.1) is 24.4 Å². The van der Waals surface area contributed by atoms with Crippen LogP contribution in [0.4, 0.5) is 0 Å². The fraction of sp³-hybridized carbons (Fsp3) is 0.143. The highest BCUT2D eigenvalue weighted by Crippen LogP contribution is 2.31. The van der Waals surface area contributed by atoms with Crippen LogP contribution in [0.2, 0.25) is 0 Å². The zero-order valence-corrected chi connectivity index (χ0v) is 14.3. The minimum absolute atomic E-state index is 0.154. The van der Waals surface area contributed by atoms with Gasteiger partial charge in [0.25, 0.3) is 0 Å². The van der Waals surface area contributed by atoms with E-state index in [4.69, 9.17) is 20.3 Å². The summed E-state index contributed by atoms with van der Waals surface area (Å²) in [5.41, 5.74) is 1.73. The number of terminal acetylenes is 1. The monoisotopic (exact) mass is 347 g/mol.